The molecule has 0 fully saturated rings. The first-order valence-electron chi connectivity index (χ1n) is 10.6. The van der Waals surface area contributed by atoms with E-state index in [1.165, 1.54) is 12.1 Å². The van der Waals surface area contributed by atoms with E-state index in [4.69, 9.17) is 0 Å². The summed E-state index contributed by atoms with van der Waals surface area (Å²) in [6.45, 7) is 3.87. The van der Waals surface area contributed by atoms with Crippen LogP contribution < -0.4 is 10.2 Å². The number of likely N-dealkylation sites (N-methyl/N-ethyl adjacent to an activating group) is 1. The zero-order valence-electron chi connectivity index (χ0n) is 18.8. The van der Waals surface area contributed by atoms with E-state index in [0.717, 1.165) is 31.2 Å². The van der Waals surface area contributed by atoms with Gasteiger partial charge in [-0.1, -0.05) is 12.1 Å². The maximum atomic E-state index is 14.9. The van der Waals surface area contributed by atoms with Gasteiger partial charge in [0, 0.05) is 24.7 Å². The number of hydrogen-bond acceptors (Lipinski definition) is 5. The molecular weight excluding hydrogens is 433 g/mol. The third kappa shape index (κ3) is 4.01. The molecule has 1 amide bonds. The Morgan fingerprint density at radius 3 is 2.64 bits per heavy atom. The van der Waals surface area contributed by atoms with Crippen LogP contribution in [0.3, 0.4) is 0 Å². The molecule has 0 aliphatic carbocycles. The van der Waals surface area contributed by atoms with Gasteiger partial charge in [0.25, 0.3) is 0 Å². The van der Waals surface area contributed by atoms with Crippen LogP contribution in [0.5, 0.6) is 0 Å². The van der Waals surface area contributed by atoms with E-state index in [9.17, 15) is 23.1 Å². The number of alkyl halides is 2. The highest BCUT2D eigenvalue weighted by Crippen LogP contribution is 2.40. The number of carbonyl (C=O) groups excluding carboxylic acids is 1. The molecule has 0 radical (unpaired) electrons. The fourth-order valence-corrected chi connectivity index (χ4v) is 3.99. The van der Waals surface area contributed by atoms with E-state index in [1.807, 2.05) is 12.1 Å². The summed E-state index contributed by atoms with van der Waals surface area (Å²) < 4.78 is 43.9. The van der Waals surface area contributed by atoms with Crippen LogP contribution in [0.15, 0.2) is 30.3 Å². The van der Waals surface area contributed by atoms with E-state index in [2.05, 4.69) is 15.3 Å². The fourth-order valence-electron chi connectivity index (χ4n) is 3.99. The molecule has 0 bridgehead atoms. The lowest BCUT2D eigenvalue weighted by atomic mass is 9.91. The molecule has 0 unspecified atom stereocenters. The second kappa shape index (κ2) is 7.98. The Morgan fingerprint density at radius 1 is 1.21 bits per heavy atom. The number of nitrogens with one attached hydrogen (secondary N) is 1. The summed E-state index contributed by atoms with van der Waals surface area (Å²) in [5, 5.41) is 13.7. The standard InChI is InChI=1S/C24H25F3N4O2/c1-13-29-18-10-15-11-20(32)31(4)19(15)12-16(18)22(30-13)28-9-8-14-6-5-7-17(21(14)25)24(26,27)23(2,3)33/h5-7,10,12,33H,8-9,11H2,1-4H3,(H,28,29,30). The van der Waals surface area contributed by atoms with E-state index < -0.39 is 22.9 Å². The predicted molar refractivity (Wildman–Crippen MR) is 120 cm³/mol. The van der Waals surface area contributed by atoms with E-state index in [1.54, 1.807) is 18.9 Å². The summed E-state index contributed by atoms with van der Waals surface area (Å²) >= 11 is 0. The molecule has 1 aliphatic heterocycles. The Labute approximate surface area is 189 Å². The Balaban J connectivity index is 1.59. The van der Waals surface area contributed by atoms with Gasteiger partial charge < -0.3 is 15.3 Å². The molecule has 0 saturated carbocycles. The van der Waals surface area contributed by atoms with Crippen LogP contribution in [0, 0.1) is 12.7 Å². The third-order valence-electron chi connectivity index (χ3n) is 5.96. The van der Waals surface area contributed by atoms with Crippen LogP contribution in [-0.4, -0.2) is 40.2 Å². The molecule has 9 heteroatoms. The zero-order valence-corrected chi connectivity index (χ0v) is 18.8. The van der Waals surface area contributed by atoms with Crippen molar-refractivity contribution in [2.45, 2.75) is 45.1 Å². The van der Waals surface area contributed by atoms with Crippen LogP contribution in [0.25, 0.3) is 10.9 Å². The number of benzene rings is 2. The van der Waals surface area contributed by atoms with Crippen molar-refractivity contribution in [3.05, 3.63) is 58.7 Å². The second-order valence-electron chi connectivity index (χ2n) is 8.84. The van der Waals surface area contributed by atoms with Crippen molar-refractivity contribution in [2.75, 3.05) is 23.8 Å². The zero-order chi connectivity index (χ0) is 24.1. The smallest absolute Gasteiger partial charge is 0.303 e. The normalized spacial score (nSPS) is 14.2. The van der Waals surface area contributed by atoms with Gasteiger partial charge in [0.05, 0.1) is 17.5 Å². The van der Waals surface area contributed by atoms with Crippen molar-refractivity contribution in [1.82, 2.24) is 9.97 Å². The number of aliphatic hydroxyl groups is 1. The minimum atomic E-state index is -3.75. The monoisotopic (exact) mass is 458 g/mol. The topological polar surface area (TPSA) is 78.4 Å². The summed E-state index contributed by atoms with van der Waals surface area (Å²) in [6.07, 6.45) is 0.438. The highest BCUT2D eigenvalue weighted by atomic mass is 19.3. The summed E-state index contributed by atoms with van der Waals surface area (Å²) in [4.78, 5) is 22.5. The van der Waals surface area contributed by atoms with Gasteiger partial charge >= 0.3 is 5.92 Å². The lowest BCUT2D eigenvalue weighted by Gasteiger charge is -2.30. The predicted octanol–water partition coefficient (Wildman–Crippen LogP) is 4.11. The lowest BCUT2D eigenvalue weighted by molar-refractivity contribution is -0.170. The SMILES string of the molecule is Cc1nc(NCCc2cccc(C(F)(F)C(C)(C)O)c2F)c2cc3c(cc2n1)CC(=O)N3C. The Kier molecular flexibility index (Phi) is 5.56. The Hall–Kier alpha value is -3.20. The molecule has 0 saturated heterocycles. The van der Waals surface area contributed by atoms with Gasteiger partial charge in [-0.15, -0.1) is 0 Å². The molecule has 174 valence electrons. The van der Waals surface area contributed by atoms with Crippen LogP contribution >= 0.6 is 0 Å². The summed E-state index contributed by atoms with van der Waals surface area (Å²) in [6, 6.07) is 7.51. The Bertz CT molecular complexity index is 1250. The molecule has 1 aliphatic rings. The molecule has 3 aromatic rings. The van der Waals surface area contributed by atoms with Gasteiger partial charge in [0.15, 0.2) is 0 Å². The summed E-state index contributed by atoms with van der Waals surface area (Å²) in [5.74, 6) is -3.73. The lowest BCUT2D eigenvalue weighted by Crippen LogP contribution is -2.41. The number of hydrogen-bond donors (Lipinski definition) is 2. The minimum absolute atomic E-state index is 0.00212. The second-order valence-corrected chi connectivity index (χ2v) is 8.84. The highest BCUT2D eigenvalue weighted by Gasteiger charge is 2.48. The molecule has 2 aromatic carbocycles. The molecule has 33 heavy (non-hydrogen) atoms. The maximum Gasteiger partial charge on any atom is 0.303 e. The van der Waals surface area contributed by atoms with Gasteiger partial charge in [-0.05, 0) is 56.5 Å². The van der Waals surface area contributed by atoms with Gasteiger partial charge in [-0.3, -0.25) is 4.79 Å². The number of aromatic nitrogens is 2. The van der Waals surface area contributed by atoms with Crippen LogP contribution in [0.4, 0.5) is 24.7 Å². The van der Waals surface area contributed by atoms with Crippen LogP contribution in [0.2, 0.25) is 0 Å². The quantitative estimate of drug-likeness (QED) is 0.581. The van der Waals surface area contributed by atoms with E-state index in [0.29, 0.717) is 29.0 Å². The first kappa shape index (κ1) is 23.0. The molecular formula is C24H25F3N4O2. The van der Waals surface area contributed by atoms with Crippen LogP contribution in [0.1, 0.15) is 36.4 Å². The largest absolute Gasteiger partial charge is 0.384 e. The average molecular weight is 458 g/mol. The van der Waals surface area contributed by atoms with Gasteiger partial charge in [-0.2, -0.15) is 8.78 Å². The number of carbonyl (C=O) groups is 1. The van der Waals surface area contributed by atoms with Crippen molar-refractivity contribution in [3.8, 4) is 0 Å². The van der Waals surface area contributed by atoms with Crippen molar-refractivity contribution in [3.63, 3.8) is 0 Å². The van der Waals surface area contributed by atoms with Crippen molar-refractivity contribution in [1.29, 1.82) is 0 Å². The number of fused-ring (bicyclic) bond motifs is 2. The van der Waals surface area contributed by atoms with E-state index in [-0.39, 0.29) is 24.4 Å². The average Bonchev–Trinajstić information content (AvgIpc) is 2.99. The number of halogens is 3. The molecule has 2 N–H and O–H groups in total. The molecule has 0 spiro atoms. The van der Waals surface area contributed by atoms with E-state index >= 15 is 0 Å². The summed E-state index contributed by atoms with van der Waals surface area (Å²) in [5.41, 5.74) is -0.771. The number of anilines is 2. The van der Waals surface area contributed by atoms with Crippen molar-refractivity contribution < 1.29 is 23.1 Å². The van der Waals surface area contributed by atoms with Crippen molar-refractivity contribution >= 4 is 28.3 Å². The number of rotatable bonds is 6. The fraction of sp³-hybridized carbons (Fsp3) is 0.375. The third-order valence-corrected chi connectivity index (χ3v) is 5.96. The molecule has 6 nitrogen and oxygen atoms in total. The minimum Gasteiger partial charge on any atom is -0.384 e. The molecule has 4 rings (SSSR count). The Morgan fingerprint density at radius 2 is 1.94 bits per heavy atom. The van der Waals surface area contributed by atoms with Crippen LogP contribution in [-0.2, 0) is 23.6 Å². The molecule has 2 heterocycles. The van der Waals surface area contributed by atoms with Gasteiger partial charge in [-0.25, -0.2) is 14.4 Å². The number of nitrogens with zero attached hydrogens (tertiary/aromatic N) is 3. The number of amides is 1. The maximum absolute atomic E-state index is 14.9. The van der Waals surface area contributed by atoms with Gasteiger partial charge in [0.1, 0.15) is 23.1 Å². The number of aryl methyl sites for hydroxylation is 1. The van der Waals surface area contributed by atoms with Crippen molar-refractivity contribution in [2.24, 2.45) is 0 Å². The molecule has 0 atom stereocenters. The first-order valence-corrected chi connectivity index (χ1v) is 10.6. The summed E-state index contributed by atoms with van der Waals surface area (Å²) in [7, 11) is 1.71. The highest BCUT2D eigenvalue weighted by molar-refractivity contribution is 6.05. The van der Waals surface area contributed by atoms with Gasteiger partial charge in [0.2, 0.25) is 5.91 Å². The first-order chi connectivity index (χ1) is 15.4. The molecule has 1 aromatic heterocycles.